The second-order valence-electron chi connectivity index (χ2n) is 2.95. The molecule has 0 atom stereocenters. The van der Waals surface area contributed by atoms with Gasteiger partial charge in [0.1, 0.15) is 0 Å². The monoisotopic (exact) mass is 225 g/mol. The zero-order chi connectivity index (χ0) is 10.3. The minimum atomic E-state index is -1.46. The number of hydrogen-bond donors (Lipinski definition) is 4. The molecule has 0 spiro atoms. The molecule has 0 saturated carbocycles. The highest BCUT2D eigenvalue weighted by Gasteiger charge is 2.13. The average Bonchev–Trinajstić information content (AvgIpc) is 2.43. The molecule has 1 aromatic heterocycles. The Morgan fingerprint density at radius 2 is 2.07 bits per heavy atom. The van der Waals surface area contributed by atoms with Gasteiger partial charge in [-0.25, -0.2) is 0 Å². The van der Waals surface area contributed by atoms with Crippen LogP contribution in [0.25, 0.3) is 10.1 Å². The van der Waals surface area contributed by atoms with Crippen LogP contribution in [-0.2, 0) is 0 Å². The molecule has 4 N–H and O–H groups in total. The van der Waals surface area contributed by atoms with Gasteiger partial charge >= 0.3 is 7.12 Å². The van der Waals surface area contributed by atoms with Gasteiger partial charge in [0.25, 0.3) is 0 Å². The average molecular weight is 225 g/mol. The van der Waals surface area contributed by atoms with Crippen molar-refractivity contribution >= 4 is 52.3 Å². The summed E-state index contributed by atoms with van der Waals surface area (Å²) in [6.45, 7) is 0. The molecule has 2 rings (SSSR count). The van der Waals surface area contributed by atoms with Gasteiger partial charge in [0.15, 0.2) is 0 Å². The van der Waals surface area contributed by atoms with Crippen molar-refractivity contribution in [3.63, 3.8) is 0 Å². The van der Waals surface area contributed by atoms with Gasteiger partial charge < -0.3 is 15.8 Å². The Bertz CT molecular complexity index is 483. The largest absolute Gasteiger partial charge is 0.488 e. The fourth-order valence-corrected chi connectivity index (χ4v) is 2.54. The summed E-state index contributed by atoms with van der Waals surface area (Å²) < 4.78 is 1.75. The van der Waals surface area contributed by atoms with Crippen LogP contribution in [0.1, 0.15) is 0 Å². The van der Waals surface area contributed by atoms with Crippen LogP contribution in [0.5, 0.6) is 0 Å². The van der Waals surface area contributed by atoms with Gasteiger partial charge in [-0.05, 0) is 11.5 Å². The van der Waals surface area contributed by atoms with Crippen LogP contribution in [0, 0.1) is 0 Å². The molecule has 0 aliphatic rings. The molecule has 0 unspecified atom stereocenters. The summed E-state index contributed by atoms with van der Waals surface area (Å²) in [6.07, 6.45) is 0. The van der Waals surface area contributed by atoms with Crippen LogP contribution in [0.4, 0.5) is 5.69 Å². The first kappa shape index (κ1) is 9.85. The van der Waals surface area contributed by atoms with Gasteiger partial charge in [-0.3, -0.25) is 0 Å². The standard InChI is InChI=1S/C8H8BNO2S2/c10-7-5-3-4(9(11)12)1-2-6(5)14-8(7)13/h1-3,11-13H,10H2. The lowest BCUT2D eigenvalue weighted by Gasteiger charge is -1.99. The van der Waals surface area contributed by atoms with Crippen LogP contribution < -0.4 is 11.2 Å². The number of rotatable bonds is 1. The lowest BCUT2D eigenvalue weighted by Crippen LogP contribution is -2.29. The van der Waals surface area contributed by atoms with E-state index in [-0.39, 0.29) is 0 Å². The molecule has 0 bridgehead atoms. The van der Waals surface area contributed by atoms with Crippen LogP contribution in [0.15, 0.2) is 22.4 Å². The molecule has 1 heterocycles. The number of fused-ring (bicyclic) bond motifs is 1. The molecule has 3 nitrogen and oxygen atoms in total. The van der Waals surface area contributed by atoms with Crippen molar-refractivity contribution in [2.24, 2.45) is 0 Å². The molecule has 0 amide bonds. The van der Waals surface area contributed by atoms with Gasteiger partial charge in [0, 0.05) is 10.1 Å². The predicted molar refractivity (Wildman–Crippen MR) is 63.3 cm³/mol. The van der Waals surface area contributed by atoms with Crippen molar-refractivity contribution in [1.82, 2.24) is 0 Å². The predicted octanol–water partition coefficient (Wildman–Crippen LogP) is 0.452. The lowest BCUT2D eigenvalue weighted by molar-refractivity contribution is 0.426. The van der Waals surface area contributed by atoms with Gasteiger partial charge in [-0.15, -0.1) is 24.0 Å². The maximum absolute atomic E-state index is 8.98. The Balaban J connectivity index is 2.69. The number of anilines is 1. The summed E-state index contributed by atoms with van der Waals surface area (Å²) >= 11 is 5.69. The van der Waals surface area contributed by atoms with E-state index in [1.165, 1.54) is 11.3 Å². The van der Waals surface area contributed by atoms with Crippen molar-refractivity contribution in [1.29, 1.82) is 0 Å². The quantitative estimate of drug-likeness (QED) is 0.421. The molecule has 0 aliphatic heterocycles. The third-order valence-corrected chi connectivity index (χ3v) is 3.53. The lowest BCUT2D eigenvalue weighted by atomic mass is 9.80. The highest BCUT2D eigenvalue weighted by atomic mass is 32.2. The van der Waals surface area contributed by atoms with E-state index in [4.69, 9.17) is 15.8 Å². The fourth-order valence-electron chi connectivity index (χ4n) is 1.28. The summed E-state index contributed by atoms with van der Waals surface area (Å²) in [5.74, 6) is 0. The van der Waals surface area contributed by atoms with E-state index in [1.807, 2.05) is 6.07 Å². The highest BCUT2D eigenvalue weighted by Crippen LogP contribution is 2.35. The van der Waals surface area contributed by atoms with Gasteiger partial charge in [-0.1, -0.05) is 12.1 Å². The first-order valence-corrected chi connectivity index (χ1v) is 5.23. The Morgan fingerprint density at radius 1 is 1.36 bits per heavy atom. The van der Waals surface area contributed by atoms with Gasteiger partial charge in [0.05, 0.1) is 9.90 Å². The van der Waals surface area contributed by atoms with E-state index in [9.17, 15) is 0 Å². The molecule has 14 heavy (non-hydrogen) atoms. The van der Waals surface area contributed by atoms with E-state index in [1.54, 1.807) is 12.1 Å². The first-order valence-electron chi connectivity index (χ1n) is 3.96. The second kappa shape index (κ2) is 3.47. The van der Waals surface area contributed by atoms with Crippen molar-refractivity contribution < 1.29 is 10.0 Å². The van der Waals surface area contributed by atoms with Crippen molar-refractivity contribution in [3.8, 4) is 0 Å². The summed E-state index contributed by atoms with van der Waals surface area (Å²) in [4.78, 5) is 0. The third kappa shape index (κ3) is 1.50. The molecule has 6 heteroatoms. The van der Waals surface area contributed by atoms with Crippen molar-refractivity contribution in [2.75, 3.05) is 5.73 Å². The first-order chi connectivity index (χ1) is 6.59. The summed E-state index contributed by atoms with van der Waals surface area (Å²) in [5, 5.41) is 18.8. The molecule has 0 saturated heterocycles. The van der Waals surface area contributed by atoms with Crippen molar-refractivity contribution in [3.05, 3.63) is 18.2 Å². The van der Waals surface area contributed by atoms with Crippen LogP contribution >= 0.6 is 24.0 Å². The van der Waals surface area contributed by atoms with Gasteiger partial charge in [0.2, 0.25) is 0 Å². The minimum absolute atomic E-state index is 0.440. The van der Waals surface area contributed by atoms with E-state index in [0.29, 0.717) is 11.2 Å². The Kier molecular flexibility index (Phi) is 2.44. The summed E-state index contributed by atoms with van der Waals surface area (Å²) in [6, 6.07) is 5.15. The molecular formula is C8H8BNO2S2. The van der Waals surface area contributed by atoms with Crippen molar-refractivity contribution in [2.45, 2.75) is 4.21 Å². The Labute approximate surface area is 90.7 Å². The molecule has 1 aromatic carbocycles. The zero-order valence-electron chi connectivity index (χ0n) is 7.14. The SMILES string of the molecule is Nc1c(S)sc2ccc(B(O)O)cc12. The molecule has 0 aliphatic carbocycles. The topological polar surface area (TPSA) is 66.5 Å². The van der Waals surface area contributed by atoms with Crippen LogP contribution in [0.3, 0.4) is 0 Å². The van der Waals surface area contributed by atoms with Crippen LogP contribution in [0.2, 0.25) is 0 Å². The highest BCUT2D eigenvalue weighted by molar-refractivity contribution is 7.83. The van der Waals surface area contributed by atoms with Gasteiger partial charge in [-0.2, -0.15) is 0 Å². The normalized spacial score (nSPS) is 10.8. The molecule has 0 radical (unpaired) electrons. The summed E-state index contributed by atoms with van der Waals surface area (Å²) in [7, 11) is -1.46. The van der Waals surface area contributed by atoms with Crippen LogP contribution in [-0.4, -0.2) is 17.2 Å². The number of nitrogen functional groups attached to an aromatic ring is 1. The van der Waals surface area contributed by atoms with E-state index in [0.717, 1.165) is 14.3 Å². The number of nitrogens with two attached hydrogens (primary N) is 1. The minimum Gasteiger partial charge on any atom is -0.423 e. The van der Waals surface area contributed by atoms with E-state index >= 15 is 0 Å². The zero-order valence-corrected chi connectivity index (χ0v) is 8.85. The maximum atomic E-state index is 8.98. The fraction of sp³-hybridized carbons (Fsp3) is 0. The smallest absolute Gasteiger partial charge is 0.423 e. The molecule has 2 aromatic rings. The summed E-state index contributed by atoms with van der Waals surface area (Å²) in [5.41, 5.74) is 6.81. The molecule has 72 valence electrons. The molecule has 0 fully saturated rings. The maximum Gasteiger partial charge on any atom is 0.488 e. The van der Waals surface area contributed by atoms with E-state index < -0.39 is 7.12 Å². The molecular weight excluding hydrogens is 217 g/mol. The second-order valence-corrected chi connectivity index (χ2v) is 4.75. The number of benzene rings is 1. The van der Waals surface area contributed by atoms with E-state index in [2.05, 4.69) is 12.6 Å². The Morgan fingerprint density at radius 3 is 2.71 bits per heavy atom. The third-order valence-electron chi connectivity index (χ3n) is 2.03. The number of hydrogen-bond acceptors (Lipinski definition) is 5. The number of thiophene rings is 1. The number of thiol groups is 1. The Hall–Kier alpha value is -0.685.